The normalized spacial score (nSPS) is 9.88. The van der Waals surface area contributed by atoms with Crippen LogP contribution in [-0.2, 0) is 14.3 Å². The summed E-state index contributed by atoms with van der Waals surface area (Å²) in [7, 11) is 0. The second-order valence-electron chi connectivity index (χ2n) is 2.92. The molecule has 0 aliphatic heterocycles. The molecule has 1 aromatic carbocycles. The van der Waals surface area contributed by atoms with E-state index in [1.807, 2.05) is 5.32 Å². The van der Waals surface area contributed by atoms with Crippen molar-refractivity contribution in [3.05, 3.63) is 28.8 Å². The van der Waals surface area contributed by atoms with E-state index in [-0.39, 0.29) is 11.6 Å². The van der Waals surface area contributed by atoms with E-state index in [1.165, 1.54) is 6.92 Å². The first-order valence-corrected chi connectivity index (χ1v) is 4.96. The standard InChI is InChI=1S/C10H8ClF2NO3/c1-2-17-10(16)9(15)14-8-6(11)3-5(12)4-7(8)13/h3-4H,2H2,1H3,(H,14,15). The lowest BCUT2D eigenvalue weighted by Crippen LogP contribution is -2.25. The highest BCUT2D eigenvalue weighted by molar-refractivity contribution is 6.39. The van der Waals surface area contributed by atoms with Crippen LogP contribution in [0.15, 0.2) is 12.1 Å². The van der Waals surface area contributed by atoms with E-state index in [0.717, 1.165) is 6.07 Å². The minimum atomic E-state index is -1.18. The van der Waals surface area contributed by atoms with E-state index in [1.54, 1.807) is 0 Å². The highest BCUT2D eigenvalue weighted by atomic mass is 35.5. The van der Waals surface area contributed by atoms with E-state index in [9.17, 15) is 18.4 Å². The quantitative estimate of drug-likeness (QED) is 0.657. The number of hydrogen-bond acceptors (Lipinski definition) is 3. The molecular formula is C10H8ClF2NO3. The summed E-state index contributed by atoms with van der Waals surface area (Å²) >= 11 is 5.51. The fraction of sp³-hybridized carbons (Fsp3) is 0.200. The molecule has 0 heterocycles. The van der Waals surface area contributed by atoms with Crippen LogP contribution in [-0.4, -0.2) is 18.5 Å². The van der Waals surface area contributed by atoms with Crippen molar-refractivity contribution in [3.8, 4) is 0 Å². The number of halogens is 3. The van der Waals surface area contributed by atoms with Crippen LogP contribution in [0.2, 0.25) is 5.02 Å². The number of anilines is 1. The van der Waals surface area contributed by atoms with Crippen LogP contribution < -0.4 is 5.32 Å². The molecule has 1 amide bonds. The van der Waals surface area contributed by atoms with Gasteiger partial charge in [-0.3, -0.25) is 4.79 Å². The third-order valence-corrected chi connectivity index (χ3v) is 2.00. The van der Waals surface area contributed by atoms with Crippen LogP contribution >= 0.6 is 11.6 Å². The van der Waals surface area contributed by atoms with Crippen molar-refractivity contribution in [2.24, 2.45) is 0 Å². The second kappa shape index (κ2) is 5.58. The molecule has 1 rings (SSSR count). The largest absolute Gasteiger partial charge is 0.459 e. The summed E-state index contributed by atoms with van der Waals surface area (Å²) in [5, 5.41) is 1.56. The van der Waals surface area contributed by atoms with Crippen LogP contribution in [0.3, 0.4) is 0 Å². The Morgan fingerprint density at radius 1 is 1.41 bits per heavy atom. The molecule has 0 spiro atoms. The number of carbonyl (C=O) groups excluding carboxylic acids is 2. The van der Waals surface area contributed by atoms with Gasteiger partial charge in [0.25, 0.3) is 0 Å². The van der Waals surface area contributed by atoms with Crippen LogP contribution in [0.5, 0.6) is 0 Å². The van der Waals surface area contributed by atoms with Gasteiger partial charge in [-0.05, 0) is 13.0 Å². The molecule has 92 valence electrons. The summed E-state index contributed by atoms with van der Waals surface area (Å²) in [6.07, 6.45) is 0. The summed E-state index contributed by atoms with van der Waals surface area (Å²) in [6, 6.07) is 1.35. The molecule has 0 fully saturated rings. The molecule has 4 nitrogen and oxygen atoms in total. The molecule has 1 N–H and O–H groups in total. The van der Waals surface area contributed by atoms with Crippen molar-refractivity contribution in [2.75, 3.05) is 11.9 Å². The lowest BCUT2D eigenvalue weighted by Gasteiger charge is -2.07. The summed E-state index contributed by atoms with van der Waals surface area (Å²) in [6.45, 7) is 1.52. The third kappa shape index (κ3) is 3.39. The van der Waals surface area contributed by atoms with Crippen molar-refractivity contribution in [3.63, 3.8) is 0 Å². The van der Waals surface area contributed by atoms with Gasteiger partial charge in [0, 0.05) is 6.07 Å². The lowest BCUT2D eigenvalue weighted by atomic mass is 10.3. The number of esters is 1. The van der Waals surface area contributed by atoms with E-state index >= 15 is 0 Å². The van der Waals surface area contributed by atoms with Gasteiger partial charge in [0.2, 0.25) is 0 Å². The Hall–Kier alpha value is -1.69. The zero-order chi connectivity index (χ0) is 13.0. The number of benzene rings is 1. The topological polar surface area (TPSA) is 55.4 Å². The highest BCUT2D eigenvalue weighted by Crippen LogP contribution is 2.26. The first-order valence-electron chi connectivity index (χ1n) is 4.58. The number of ether oxygens (including phenoxy) is 1. The molecule has 17 heavy (non-hydrogen) atoms. The molecule has 0 aliphatic rings. The third-order valence-electron chi connectivity index (χ3n) is 1.71. The van der Waals surface area contributed by atoms with Crippen molar-refractivity contribution < 1.29 is 23.1 Å². The fourth-order valence-corrected chi connectivity index (χ4v) is 1.26. The van der Waals surface area contributed by atoms with Crippen LogP contribution in [0.4, 0.5) is 14.5 Å². The maximum atomic E-state index is 13.2. The van der Waals surface area contributed by atoms with Gasteiger partial charge < -0.3 is 10.1 Å². The maximum Gasteiger partial charge on any atom is 0.397 e. The summed E-state index contributed by atoms with van der Waals surface area (Å²) < 4.78 is 30.3. The monoisotopic (exact) mass is 263 g/mol. The number of amides is 1. The SMILES string of the molecule is CCOC(=O)C(=O)Nc1c(F)cc(F)cc1Cl. The van der Waals surface area contributed by atoms with Crippen molar-refractivity contribution >= 4 is 29.2 Å². The van der Waals surface area contributed by atoms with E-state index in [0.29, 0.717) is 6.07 Å². The summed E-state index contributed by atoms with van der Waals surface area (Å²) in [5.74, 6) is -4.32. The number of hydrogen-bond donors (Lipinski definition) is 1. The molecule has 0 bridgehead atoms. The molecule has 0 saturated heterocycles. The summed E-state index contributed by atoms with van der Waals surface area (Å²) in [4.78, 5) is 22.2. The molecule has 0 aliphatic carbocycles. The Balaban J connectivity index is 2.89. The molecular weight excluding hydrogens is 256 g/mol. The number of carbonyl (C=O) groups is 2. The van der Waals surface area contributed by atoms with Crippen molar-refractivity contribution in [1.82, 2.24) is 0 Å². The van der Waals surface area contributed by atoms with Crippen LogP contribution in [0.1, 0.15) is 6.92 Å². The van der Waals surface area contributed by atoms with Gasteiger partial charge in [0.15, 0.2) is 5.82 Å². The van der Waals surface area contributed by atoms with E-state index in [4.69, 9.17) is 11.6 Å². The van der Waals surface area contributed by atoms with Crippen LogP contribution in [0, 0.1) is 11.6 Å². The molecule has 0 radical (unpaired) electrons. The number of nitrogens with one attached hydrogen (secondary N) is 1. The molecule has 1 aromatic rings. The molecule has 0 atom stereocenters. The fourth-order valence-electron chi connectivity index (χ4n) is 1.02. The maximum absolute atomic E-state index is 13.2. The molecule has 0 unspecified atom stereocenters. The molecule has 0 saturated carbocycles. The van der Waals surface area contributed by atoms with Gasteiger partial charge in [0.1, 0.15) is 5.82 Å². The first-order chi connectivity index (χ1) is 7.95. The zero-order valence-corrected chi connectivity index (χ0v) is 9.48. The van der Waals surface area contributed by atoms with E-state index in [2.05, 4.69) is 4.74 Å². The smallest absolute Gasteiger partial charge is 0.397 e. The average molecular weight is 264 g/mol. The lowest BCUT2D eigenvalue weighted by molar-refractivity contribution is -0.152. The predicted octanol–water partition coefficient (Wildman–Crippen LogP) is 2.12. The van der Waals surface area contributed by atoms with Crippen molar-refractivity contribution in [1.29, 1.82) is 0 Å². The van der Waals surface area contributed by atoms with Crippen LogP contribution in [0.25, 0.3) is 0 Å². The molecule has 0 aromatic heterocycles. The van der Waals surface area contributed by atoms with Gasteiger partial charge in [-0.15, -0.1) is 0 Å². The van der Waals surface area contributed by atoms with Gasteiger partial charge in [-0.2, -0.15) is 0 Å². The first kappa shape index (κ1) is 13.4. The van der Waals surface area contributed by atoms with Gasteiger partial charge in [-0.1, -0.05) is 11.6 Å². The number of rotatable bonds is 2. The minimum Gasteiger partial charge on any atom is -0.459 e. The average Bonchev–Trinajstić information content (AvgIpc) is 2.23. The van der Waals surface area contributed by atoms with Crippen molar-refractivity contribution in [2.45, 2.75) is 6.92 Å². The van der Waals surface area contributed by atoms with E-state index < -0.39 is 29.2 Å². The Labute approximate surface area is 101 Å². The van der Waals surface area contributed by atoms with Gasteiger partial charge in [-0.25, -0.2) is 13.6 Å². The Bertz CT molecular complexity index is 442. The minimum absolute atomic E-state index is 0.00584. The Morgan fingerprint density at radius 2 is 2.06 bits per heavy atom. The second-order valence-corrected chi connectivity index (χ2v) is 3.33. The Morgan fingerprint density at radius 3 is 2.59 bits per heavy atom. The van der Waals surface area contributed by atoms with Gasteiger partial charge in [0.05, 0.1) is 17.3 Å². The predicted molar refractivity (Wildman–Crippen MR) is 56.6 cm³/mol. The highest BCUT2D eigenvalue weighted by Gasteiger charge is 2.19. The molecule has 7 heteroatoms. The Kier molecular flexibility index (Phi) is 4.39. The zero-order valence-electron chi connectivity index (χ0n) is 8.72. The van der Waals surface area contributed by atoms with Gasteiger partial charge >= 0.3 is 11.9 Å². The summed E-state index contributed by atoms with van der Waals surface area (Å²) in [5.41, 5.74) is -0.467.